The lowest BCUT2D eigenvalue weighted by Gasteiger charge is -2.34. The third kappa shape index (κ3) is 4.65. The number of rotatable bonds is 3. The summed E-state index contributed by atoms with van der Waals surface area (Å²) in [6, 6.07) is 5.05. The molecule has 0 bridgehead atoms. The molecule has 1 heterocycles. The number of amides is 1. The van der Waals surface area contributed by atoms with E-state index < -0.39 is 0 Å². The lowest BCUT2D eigenvalue weighted by Crippen LogP contribution is -2.42. The van der Waals surface area contributed by atoms with Crippen LogP contribution >= 0.6 is 23.2 Å². The van der Waals surface area contributed by atoms with Crippen LogP contribution in [0.4, 0.5) is 5.69 Å². The fourth-order valence-electron chi connectivity index (χ4n) is 2.95. The van der Waals surface area contributed by atoms with Crippen molar-refractivity contribution < 1.29 is 4.79 Å². The fourth-order valence-corrected chi connectivity index (χ4v) is 3.48. The molecule has 1 fully saturated rings. The Hall–Kier alpha value is -0.770. The highest BCUT2D eigenvalue weighted by molar-refractivity contribution is 6.35. The summed E-state index contributed by atoms with van der Waals surface area (Å²) in [6.45, 7) is 6.84. The second-order valence-electron chi connectivity index (χ2n) is 5.85. The van der Waals surface area contributed by atoms with Crippen LogP contribution in [0.2, 0.25) is 10.0 Å². The molecule has 2 rings (SSSR count). The molecule has 0 unspecified atom stereocenters. The van der Waals surface area contributed by atoms with Gasteiger partial charge >= 0.3 is 0 Å². The third-order valence-corrected chi connectivity index (χ3v) is 3.89. The maximum absolute atomic E-state index is 12.1. The van der Waals surface area contributed by atoms with Gasteiger partial charge in [0.25, 0.3) is 0 Å². The highest BCUT2D eigenvalue weighted by Crippen LogP contribution is 2.23. The summed E-state index contributed by atoms with van der Waals surface area (Å²) in [7, 11) is 0. The summed E-state index contributed by atoms with van der Waals surface area (Å²) in [5.41, 5.74) is 0.644. The van der Waals surface area contributed by atoms with Crippen molar-refractivity contribution in [1.29, 1.82) is 0 Å². The smallest absolute Gasteiger partial charge is 0.238 e. The summed E-state index contributed by atoms with van der Waals surface area (Å²) in [4.78, 5) is 14.3. The van der Waals surface area contributed by atoms with Crippen molar-refractivity contribution in [3.63, 3.8) is 0 Å². The number of piperidine rings is 1. The van der Waals surface area contributed by atoms with Crippen LogP contribution in [0.25, 0.3) is 0 Å². The fraction of sp³-hybridized carbons (Fsp3) is 0.533. The summed E-state index contributed by atoms with van der Waals surface area (Å²) < 4.78 is 0. The highest BCUT2D eigenvalue weighted by Gasteiger charge is 2.23. The third-order valence-electron chi connectivity index (χ3n) is 3.46. The van der Waals surface area contributed by atoms with E-state index >= 15 is 0 Å². The van der Waals surface area contributed by atoms with E-state index in [9.17, 15) is 4.79 Å². The van der Waals surface area contributed by atoms with Crippen molar-refractivity contribution >= 4 is 34.8 Å². The lowest BCUT2D eigenvalue weighted by atomic mass is 9.92. The predicted octanol–water partition coefficient (Wildman–Crippen LogP) is 3.91. The van der Waals surface area contributed by atoms with Gasteiger partial charge in [-0.2, -0.15) is 0 Å². The summed E-state index contributed by atoms with van der Waals surface area (Å²) in [5, 5.41) is 3.89. The van der Waals surface area contributed by atoms with Gasteiger partial charge in [-0.15, -0.1) is 0 Å². The van der Waals surface area contributed by atoms with Crippen LogP contribution in [0.3, 0.4) is 0 Å². The Kier molecular flexibility index (Phi) is 5.30. The quantitative estimate of drug-likeness (QED) is 0.917. The van der Waals surface area contributed by atoms with Gasteiger partial charge in [0.1, 0.15) is 0 Å². The molecule has 1 aromatic carbocycles. The zero-order valence-corrected chi connectivity index (χ0v) is 13.3. The number of nitrogens with one attached hydrogen (secondary N) is 1. The maximum atomic E-state index is 12.1. The largest absolute Gasteiger partial charge is 0.325 e. The van der Waals surface area contributed by atoms with E-state index in [1.54, 1.807) is 18.2 Å². The molecular formula is C15H20Cl2N2O. The van der Waals surface area contributed by atoms with E-state index in [-0.39, 0.29) is 5.91 Å². The lowest BCUT2D eigenvalue weighted by molar-refractivity contribution is -0.117. The molecule has 1 saturated heterocycles. The Morgan fingerprint density at radius 3 is 2.30 bits per heavy atom. The van der Waals surface area contributed by atoms with Crippen LogP contribution < -0.4 is 5.32 Å². The molecule has 1 amide bonds. The number of halogens is 2. The molecule has 1 aliphatic rings. The molecule has 0 aliphatic carbocycles. The van der Waals surface area contributed by atoms with Gasteiger partial charge in [-0.1, -0.05) is 37.0 Å². The average Bonchev–Trinajstić information content (AvgIpc) is 2.24. The van der Waals surface area contributed by atoms with Gasteiger partial charge in [-0.3, -0.25) is 9.69 Å². The van der Waals surface area contributed by atoms with Crippen LogP contribution in [0, 0.1) is 11.8 Å². The summed E-state index contributed by atoms with van der Waals surface area (Å²) in [6.07, 6.45) is 1.24. The van der Waals surface area contributed by atoms with Gasteiger partial charge in [0.05, 0.1) is 6.54 Å². The van der Waals surface area contributed by atoms with Gasteiger partial charge in [-0.05, 0) is 36.5 Å². The Balaban J connectivity index is 1.92. The number of carbonyl (C=O) groups is 1. The number of benzene rings is 1. The standard InChI is InChI=1S/C15H20Cl2N2O/c1-10-3-11(2)8-19(7-10)9-15(20)18-14-5-12(16)4-13(17)6-14/h4-6,10-11H,3,7-9H2,1-2H3,(H,18,20)/t10-,11+. The first kappa shape index (κ1) is 15.6. The number of nitrogens with zero attached hydrogens (tertiary/aromatic N) is 1. The van der Waals surface area contributed by atoms with E-state index in [0.29, 0.717) is 34.1 Å². The maximum Gasteiger partial charge on any atom is 0.238 e. The van der Waals surface area contributed by atoms with E-state index in [4.69, 9.17) is 23.2 Å². The molecule has 1 N–H and O–H groups in total. The second kappa shape index (κ2) is 6.79. The van der Waals surface area contributed by atoms with Crippen LogP contribution in [0.15, 0.2) is 18.2 Å². The normalized spacial score (nSPS) is 23.6. The van der Waals surface area contributed by atoms with Crippen molar-refractivity contribution in [3.05, 3.63) is 28.2 Å². The van der Waals surface area contributed by atoms with Crippen molar-refractivity contribution in [2.75, 3.05) is 25.0 Å². The summed E-state index contributed by atoms with van der Waals surface area (Å²) in [5.74, 6) is 1.27. The number of likely N-dealkylation sites (tertiary alicyclic amines) is 1. The number of carbonyl (C=O) groups excluding carboxylic acids is 1. The first-order chi connectivity index (χ1) is 9.42. The van der Waals surface area contributed by atoms with Gasteiger partial charge in [0, 0.05) is 28.8 Å². The number of hydrogen-bond acceptors (Lipinski definition) is 2. The molecule has 5 heteroatoms. The Morgan fingerprint density at radius 2 is 1.75 bits per heavy atom. The molecule has 2 atom stereocenters. The van der Waals surface area contributed by atoms with E-state index in [2.05, 4.69) is 24.1 Å². The zero-order chi connectivity index (χ0) is 14.7. The van der Waals surface area contributed by atoms with Crippen LogP contribution in [-0.4, -0.2) is 30.4 Å². The first-order valence-electron chi connectivity index (χ1n) is 6.90. The molecule has 0 aromatic heterocycles. The van der Waals surface area contributed by atoms with Crippen molar-refractivity contribution in [2.45, 2.75) is 20.3 Å². The monoisotopic (exact) mass is 314 g/mol. The second-order valence-corrected chi connectivity index (χ2v) is 6.72. The SMILES string of the molecule is C[C@@H]1C[C@H](C)CN(CC(=O)Nc2cc(Cl)cc(Cl)c2)C1. The molecule has 0 spiro atoms. The molecule has 0 saturated carbocycles. The minimum Gasteiger partial charge on any atom is -0.325 e. The topological polar surface area (TPSA) is 32.3 Å². The zero-order valence-electron chi connectivity index (χ0n) is 11.8. The summed E-state index contributed by atoms with van der Waals surface area (Å²) >= 11 is 11.8. The van der Waals surface area contributed by atoms with E-state index in [1.165, 1.54) is 6.42 Å². The molecule has 110 valence electrons. The number of hydrogen-bond donors (Lipinski definition) is 1. The number of anilines is 1. The van der Waals surface area contributed by atoms with Gasteiger partial charge < -0.3 is 5.32 Å². The van der Waals surface area contributed by atoms with E-state index in [1.807, 2.05) is 0 Å². The van der Waals surface area contributed by atoms with Crippen molar-refractivity contribution in [1.82, 2.24) is 4.90 Å². The van der Waals surface area contributed by atoms with Crippen LogP contribution in [0.1, 0.15) is 20.3 Å². The molecule has 3 nitrogen and oxygen atoms in total. The molecule has 1 aliphatic heterocycles. The molecule has 20 heavy (non-hydrogen) atoms. The average molecular weight is 315 g/mol. The molecular weight excluding hydrogens is 295 g/mol. The van der Waals surface area contributed by atoms with E-state index in [0.717, 1.165) is 13.1 Å². The first-order valence-corrected chi connectivity index (χ1v) is 7.66. The molecule has 1 aromatic rings. The Labute approximate surface area is 130 Å². The van der Waals surface area contributed by atoms with Gasteiger partial charge in [0.2, 0.25) is 5.91 Å². The Morgan fingerprint density at radius 1 is 1.20 bits per heavy atom. The minimum absolute atomic E-state index is 0.0235. The predicted molar refractivity (Wildman–Crippen MR) is 84.5 cm³/mol. The van der Waals surface area contributed by atoms with Crippen molar-refractivity contribution in [2.24, 2.45) is 11.8 Å². The minimum atomic E-state index is -0.0235. The Bertz CT molecular complexity index is 463. The van der Waals surface area contributed by atoms with Gasteiger partial charge in [0.15, 0.2) is 0 Å². The molecule has 0 radical (unpaired) electrons. The van der Waals surface area contributed by atoms with Crippen LogP contribution in [-0.2, 0) is 4.79 Å². The van der Waals surface area contributed by atoms with Gasteiger partial charge in [-0.25, -0.2) is 0 Å². The van der Waals surface area contributed by atoms with Crippen molar-refractivity contribution in [3.8, 4) is 0 Å². The van der Waals surface area contributed by atoms with Crippen LogP contribution in [0.5, 0.6) is 0 Å². The highest BCUT2D eigenvalue weighted by atomic mass is 35.5.